The van der Waals surface area contributed by atoms with Gasteiger partial charge in [-0.1, -0.05) is 24.3 Å². The topological polar surface area (TPSA) is 55.4 Å². The first-order valence-corrected chi connectivity index (χ1v) is 5.03. The second kappa shape index (κ2) is 4.61. The van der Waals surface area contributed by atoms with Crippen LogP contribution in [-0.4, -0.2) is 11.9 Å². The maximum atomic E-state index is 11.4. The predicted molar refractivity (Wildman–Crippen MR) is 57.9 cm³/mol. The van der Waals surface area contributed by atoms with Crippen LogP contribution in [0.5, 0.6) is 5.75 Å². The van der Waals surface area contributed by atoms with Gasteiger partial charge in [0.1, 0.15) is 5.75 Å². The Morgan fingerprint density at radius 3 is 2.62 bits per heavy atom. The van der Waals surface area contributed by atoms with Gasteiger partial charge in [0.15, 0.2) is 5.78 Å². The Labute approximate surface area is 92.9 Å². The van der Waals surface area contributed by atoms with Crippen molar-refractivity contribution in [3.8, 4) is 5.75 Å². The third kappa shape index (κ3) is 2.48. The summed E-state index contributed by atoms with van der Waals surface area (Å²) in [5, 5.41) is 2.43. The van der Waals surface area contributed by atoms with Gasteiger partial charge in [-0.05, 0) is 18.6 Å². The molecule has 0 heterocycles. The molecule has 2 rings (SSSR count). The average Bonchev–Trinajstić information content (AvgIpc) is 2.66. The van der Waals surface area contributed by atoms with Gasteiger partial charge in [-0.2, -0.15) is 0 Å². The number of nitrogens with one attached hydrogen (secondary N) is 1. The Hall–Kier alpha value is -2.10. The summed E-state index contributed by atoms with van der Waals surface area (Å²) in [6, 6.07) is 8.70. The quantitative estimate of drug-likeness (QED) is 0.824. The number of para-hydroxylation sites is 1. The van der Waals surface area contributed by atoms with Crippen LogP contribution in [0.1, 0.15) is 12.8 Å². The van der Waals surface area contributed by atoms with Gasteiger partial charge in [0.05, 0.1) is 5.70 Å². The third-order valence-corrected chi connectivity index (χ3v) is 2.21. The first-order valence-electron chi connectivity index (χ1n) is 5.03. The fourth-order valence-corrected chi connectivity index (χ4v) is 1.45. The summed E-state index contributed by atoms with van der Waals surface area (Å²) in [5.41, 5.74) is 0.334. The van der Waals surface area contributed by atoms with Gasteiger partial charge in [0, 0.05) is 6.42 Å². The number of allylic oxidation sites excluding steroid dienone is 2. The lowest BCUT2D eigenvalue weighted by Gasteiger charge is -2.05. The lowest BCUT2D eigenvalue weighted by atomic mass is 10.3. The second-order valence-corrected chi connectivity index (χ2v) is 3.41. The number of hydrogen-bond donors (Lipinski definition) is 1. The summed E-state index contributed by atoms with van der Waals surface area (Å²) in [6.45, 7) is 0. The van der Waals surface area contributed by atoms with Crippen LogP contribution in [0, 0.1) is 0 Å². The Morgan fingerprint density at radius 2 is 2.00 bits per heavy atom. The van der Waals surface area contributed by atoms with Crippen LogP contribution in [0.15, 0.2) is 42.1 Å². The van der Waals surface area contributed by atoms with E-state index in [0.29, 0.717) is 24.3 Å². The van der Waals surface area contributed by atoms with Crippen LogP contribution >= 0.6 is 0 Å². The summed E-state index contributed by atoms with van der Waals surface area (Å²) in [4.78, 5) is 22.6. The van der Waals surface area contributed by atoms with Crippen molar-refractivity contribution < 1.29 is 14.3 Å². The number of Topliss-reactive ketones (excluding diaryl/α,β-unsaturated/α-hetero) is 1. The number of ether oxygens (including phenoxy) is 1. The monoisotopic (exact) mass is 217 g/mol. The third-order valence-electron chi connectivity index (χ3n) is 2.21. The molecule has 1 aromatic carbocycles. The molecule has 0 bridgehead atoms. The number of hydrogen-bond acceptors (Lipinski definition) is 3. The predicted octanol–water partition coefficient (Wildman–Crippen LogP) is 2.02. The minimum Gasteiger partial charge on any atom is -0.410 e. The van der Waals surface area contributed by atoms with Crippen LogP contribution in [0.3, 0.4) is 0 Å². The van der Waals surface area contributed by atoms with E-state index in [2.05, 4.69) is 5.32 Å². The van der Waals surface area contributed by atoms with Crippen molar-refractivity contribution in [1.82, 2.24) is 5.32 Å². The number of ketones is 1. The van der Waals surface area contributed by atoms with Crippen LogP contribution < -0.4 is 10.1 Å². The number of rotatable bonds is 2. The van der Waals surface area contributed by atoms with Crippen molar-refractivity contribution in [2.45, 2.75) is 12.8 Å². The largest absolute Gasteiger partial charge is 0.417 e. The summed E-state index contributed by atoms with van der Waals surface area (Å²) in [6.07, 6.45) is 2.21. The fourth-order valence-electron chi connectivity index (χ4n) is 1.45. The van der Waals surface area contributed by atoms with Crippen molar-refractivity contribution in [2.24, 2.45) is 0 Å². The first kappa shape index (κ1) is 10.4. The summed E-state index contributed by atoms with van der Waals surface area (Å²) >= 11 is 0. The normalized spacial score (nSPS) is 14.5. The molecule has 0 fully saturated rings. The molecule has 1 aromatic rings. The maximum Gasteiger partial charge on any atom is 0.417 e. The molecular formula is C12H11NO3. The number of carbonyl (C=O) groups is 2. The molecule has 0 unspecified atom stereocenters. The Kier molecular flexibility index (Phi) is 3.00. The lowest BCUT2D eigenvalue weighted by molar-refractivity contribution is -0.115. The van der Waals surface area contributed by atoms with Crippen molar-refractivity contribution in [1.29, 1.82) is 0 Å². The van der Waals surface area contributed by atoms with Crippen molar-refractivity contribution in [3.63, 3.8) is 0 Å². The van der Waals surface area contributed by atoms with Gasteiger partial charge in [0.2, 0.25) is 0 Å². The highest BCUT2D eigenvalue weighted by Crippen LogP contribution is 2.12. The molecule has 0 atom stereocenters. The zero-order chi connectivity index (χ0) is 11.4. The van der Waals surface area contributed by atoms with E-state index in [1.807, 2.05) is 6.07 Å². The fraction of sp³-hybridized carbons (Fsp3) is 0.167. The van der Waals surface area contributed by atoms with E-state index in [9.17, 15) is 9.59 Å². The van der Waals surface area contributed by atoms with Gasteiger partial charge in [0.25, 0.3) is 0 Å². The molecule has 0 aromatic heterocycles. The van der Waals surface area contributed by atoms with E-state index in [1.54, 1.807) is 30.3 Å². The Morgan fingerprint density at radius 1 is 1.25 bits per heavy atom. The van der Waals surface area contributed by atoms with Gasteiger partial charge in [-0.3, -0.25) is 10.1 Å². The second-order valence-electron chi connectivity index (χ2n) is 3.41. The highest BCUT2D eigenvalue weighted by molar-refractivity contribution is 5.99. The van der Waals surface area contributed by atoms with Crippen LogP contribution in [0.25, 0.3) is 0 Å². The summed E-state index contributed by atoms with van der Waals surface area (Å²) < 4.78 is 4.98. The number of carbonyl (C=O) groups excluding carboxylic acids is 2. The Bertz CT molecular complexity index is 437. The minimum atomic E-state index is -0.632. The van der Waals surface area contributed by atoms with Crippen LogP contribution in [0.2, 0.25) is 0 Å². The standard InChI is InChI=1S/C12H11NO3/c14-11-8-4-7-10(11)13-12(15)16-9-5-2-1-3-6-9/h1-3,5-7H,4,8H2,(H,13,15). The molecule has 0 radical (unpaired) electrons. The molecular weight excluding hydrogens is 206 g/mol. The van der Waals surface area contributed by atoms with Crippen molar-refractivity contribution >= 4 is 11.9 Å². The highest BCUT2D eigenvalue weighted by atomic mass is 16.6. The van der Waals surface area contributed by atoms with E-state index in [4.69, 9.17) is 4.74 Å². The molecule has 0 saturated heterocycles. The van der Waals surface area contributed by atoms with Crippen molar-refractivity contribution in [3.05, 3.63) is 42.1 Å². The van der Waals surface area contributed by atoms with E-state index in [1.165, 1.54) is 0 Å². The zero-order valence-electron chi connectivity index (χ0n) is 8.60. The molecule has 1 aliphatic carbocycles. The van der Waals surface area contributed by atoms with E-state index in [-0.39, 0.29) is 5.78 Å². The highest BCUT2D eigenvalue weighted by Gasteiger charge is 2.17. The van der Waals surface area contributed by atoms with E-state index >= 15 is 0 Å². The summed E-state index contributed by atoms with van der Waals surface area (Å²) in [5.74, 6) is 0.399. The number of amides is 1. The maximum absolute atomic E-state index is 11.4. The van der Waals surface area contributed by atoms with E-state index in [0.717, 1.165) is 0 Å². The molecule has 1 amide bonds. The lowest BCUT2D eigenvalue weighted by Crippen LogP contribution is -2.28. The van der Waals surface area contributed by atoms with Gasteiger partial charge >= 0.3 is 6.09 Å². The molecule has 0 spiro atoms. The SMILES string of the molecule is O=C(NC1=CCCC1=O)Oc1ccccc1. The van der Waals surface area contributed by atoms with Crippen LogP contribution in [-0.2, 0) is 4.79 Å². The molecule has 16 heavy (non-hydrogen) atoms. The Balaban J connectivity index is 1.92. The number of benzene rings is 1. The smallest absolute Gasteiger partial charge is 0.410 e. The zero-order valence-corrected chi connectivity index (χ0v) is 8.60. The van der Waals surface area contributed by atoms with E-state index < -0.39 is 6.09 Å². The van der Waals surface area contributed by atoms with Gasteiger partial charge in [-0.15, -0.1) is 0 Å². The van der Waals surface area contributed by atoms with Crippen molar-refractivity contribution in [2.75, 3.05) is 0 Å². The molecule has 82 valence electrons. The molecule has 4 heteroatoms. The molecule has 0 saturated carbocycles. The van der Waals surface area contributed by atoms with Gasteiger partial charge in [-0.25, -0.2) is 4.79 Å². The van der Waals surface area contributed by atoms with Crippen LogP contribution in [0.4, 0.5) is 4.79 Å². The average molecular weight is 217 g/mol. The van der Waals surface area contributed by atoms with Gasteiger partial charge < -0.3 is 4.74 Å². The molecule has 1 aliphatic rings. The molecule has 4 nitrogen and oxygen atoms in total. The molecule has 1 N–H and O–H groups in total. The summed E-state index contributed by atoms with van der Waals surface area (Å²) in [7, 11) is 0. The molecule has 0 aliphatic heterocycles. The first-order chi connectivity index (χ1) is 7.75. The minimum absolute atomic E-state index is 0.0509.